The van der Waals surface area contributed by atoms with E-state index in [1.807, 2.05) is 6.92 Å². The topological polar surface area (TPSA) is 61.0 Å². The highest BCUT2D eigenvalue weighted by Gasteiger charge is 2.25. The quantitative estimate of drug-likeness (QED) is 0.626. The minimum atomic E-state index is -0.512. The highest BCUT2D eigenvalue weighted by molar-refractivity contribution is 6.31. The molecule has 0 saturated heterocycles. The van der Waals surface area contributed by atoms with Gasteiger partial charge in [-0.25, -0.2) is 9.07 Å². The third-order valence-corrected chi connectivity index (χ3v) is 3.23. The van der Waals surface area contributed by atoms with Crippen LogP contribution in [0.15, 0.2) is 24.3 Å². The largest absolute Gasteiger partial charge is 0.329 e. The lowest BCUT2D eigenvalue weighted by molar-refractivity contribution is -0.385. The third kappa shape index (κ3) is 2.96. The fraction of sp³-hybridized carbons (Fsp3) is 0.308. The van der Waals surface area contributed by atoms with Gasteiger partial charge in [0.15, 0.2) is 0 Å². The number of benzene rings is 1. The van der Waals surface area contributed by atoms with Crippen LogP contribution in [0.5, 0.6) is 0 Å². The smallest absolute Gasteiger partial charge is 0.258 e. The summed E-state index contributed by atoms with van der Waals surface area (Å²) in [6.07, 6.45) is 1.23. The third-order valence-electron chi connectivity index (χ3n) is 2.85. The van der Waals surface area contributed by atoms with E-state index in [-0.39, 0.29) is 23.2 Å². The van der Waals surface area contributed by atoms with Crippen molar-refractivity contribution in [2.45, 2.75) is 26.3 Å². The first-order valence-corrected chi connectivity index (χ1v) is 6.54. The Kier molecular flexibility index (Phi) is 4.34. The van der Waals surface area contributed by atoms with Crippen molar-refractivity contribution in [1.82, 2.24) is 9.78 Å². The monoisotopic (exact) mass is 297 g/mol. The van der Waals surface area contributed by atoms with Crippen molar-refractivity contribution in [1.29, 1.82) is 0 Å². The van der Waals surface area contributed by atoms with Gasteiger partial charge in [0.2, 0.25) is 5.15 Å². The molecule has 0 unspecified atom stereocenters. The number of nitro groups is 1. The number of aromatic nitrogens is 2. The molecule has 0 N–H and O–H groups in total. The average molecular weight is 298 g/mol. The van der Waals surface area contributed by atoms with E-state index in [4.69, 9.17) is 11.6 Å². The summed E-state index contributed by atoms with van der Waals surface area (Å²) < 4.78 is 14.2. The van der Waals surface area contributed by atoms with Crippen LogP contribution >= 0.6 is 11.6 Å². The number of hydrogen-bond acceptors (Lipinski definition) is 3. The van der Waals surface area contributed by atoms with E-state index in [2.05, 4.69) is 5.10 Å². The van der Waals surface area contributed by atoms with Crippen molar-refractivity contribution in [3.8, 4) is 0 Å². The van der Waals surface area contributed by atoms with E-state index >= 15 is 0 Å². The van der Waals surface area contributed by atoms with E-state index < -0.39 is 4.92 Å². The molecule has 0 saturated carbocycles. The minimum Gasteiger partial charge on any atom is -0.258 e. The van der Waals surface area contributed by atoms with Gasteiger partial charge in [0.05, 0.1) is 11.5 Å². The number of aryl methyl sites for hydroxylation is 1. The molecule has 2 rings (SSSR count). The van der Waals surface area contributed by atoms with Crippen LogP contribution in [-0.4, -0.2) is 14.7 Å². The van der Waals surface area contributed by atoms with Crippen molar-refractivity contribution in [2.75, 3.05) is 0 Å². The van der Waals surface area contributed by atoms with Crippen LogP contribution in [0, 0.1) is 15.9 Å². The van der Waals surface area contributed by atoms with Gasteiger partial charge in [0.1, 0.15) is 11.5 Å². The number of nitrogens with zero attached hydrogens (tertiary/aromatic N) is 3. The zero-order valence-corrected chi connectivity index (χ0v) is 11.6. The molecule has 0 amide bonds. The first-order chi connectivity index (χ1) is 9.52. The first-order valence-electron chi connectivity index (χ1n) is 6.17. The molecule has 0 aliphatic rings. The summed E-state index contributed by atoms with van der Waals surface area (Å²) in [5.74, 6) is -0.335. The van der Waals surface area contributed by atoms with Crippen molar-refractivity contribution in [2.24, 2.45) is 0 Å². The van der Waals surface area contributed by atoms with Crippen LogP contribution in [0.3, 0.4) is 0 Å². The summed E-state index contributed by atoms with van der Waals surface area (Å²) in [6, 6.07) is 5.85. The molecule has 1 aromatic heterocycles. The summed E-state index contributed by atoms with van der Waals surface area (Å²) in [6.45, 7) is 2.18. The van der Waals surface area contributed by atoms with Crippen molar-refractivity contribution in [3.63, 3.8) is 0 Å². The number of rotatable bonds is 5. The Morgan fingerprint density at radius 2 is 2.05 bits per heavy atom. The lowest BCUT2D eigenvalue weighted by Crippen LogP contribution is -2.02. The molecule has 0 atom stereocenters. The Bertz CT molecular complexity index is 625. The van der Waals surface area contributed by atoms with Gasteiger partial charge in [0, 0.05) is 0 Å². The highest BCUT2D eigenvalue weighted by Crippen LogP contribution is 2.29. The molecule has 0 radical (unpaired) electrons. The SMILES string of the molecule is CCCc1nn(Cc2ccc(F)cc2)c(Cl)c1[N+](=O)[O-]. The normalized spacial score (nSPS) is 10.8. The second kappa shape index (κ2) is 6.00. The molecule has 7 heteroatoms. The van der Waals surface area contributed by atoms with Gasteiger partial charge in [-0.1, -0.05) is 37.1 Å². The Morgan fingerprint density at radius 1 is 1.40 bits per heavy atom. The molecule has 20 heavy (non-hydrogen) atoms. The molecule has 0 aliphatic heterocycles. The summed E-state index contributed by atoms with van der Waals surface area (Å²) in [7, 11) is 0. The molecular formula is C13H13ClFN3O2. The fourth-order valence-electron chi connectivity index (χ4n) is 1.93. The molecule has 0 spiro atoms. The predicted molar refractivity (Wildman–Crippen MR) is 73.4 cm³/mol. The van der Waals surface area contributed by atoms with Crippen LogP contribution in [0.4, 0.5) is 10.1 Å². The maximum absolute atomic E-state index is 12.8. The van der Waals surface area contributed by atoms with Gasteiger partial charge in [-0.05, 0) is 24.1 Å². The molecule has 5 nitrogen and oxygen atoms in total. The maximum Gasteiger partial charge on any atom is 0.329 e. The van der Waals surface area contributed by atoms with Crippen molar-refractivity contribution >= 4 is 17.3 Å². The van der Waals surface area contributed by atoms with E-state index in [1.165, 1.54) is 16.8 Å². The van der Waals surface area contributed by atoms with Crippen LogP contribution in [0.25, 0.3) is 0 Å². The Morgan fingerprint density at radius 3 is 2.60 bits per heavy atom. The van der Waals surface area contributed by atoms with E-state index in [0.717, 1.165) is 12.0 Å². The molecule has 0 fully saturated rings. The standard InChI is InChI=1S/C13H13ClFN3O2/c1-2-3-11-12(18(19)20)13(14)17(16-11)8-9-4-6-10(15)7-5-9/h4-7H,2-3,8H2,1H3. The van der Waals surface area contributed by atoms with Crippen LogP contribution in [-0.2, 0) is 13.0 Å². The van der Waals surface area contributed by atoms with Gasteiger partial charge < -0.3 is 0 Å². The molecule has 1 aromatic carbocycles. The minimum absolute atomic E-state index is 0.00257. The van der Waals surface area contributed by atoms with Crippen molar-refractivity contribution < 1.29 is 9.31 Å². The molecule has 0 bridgehead atoms. The molecule has 2 aromatic rings. The highest BCUT2D eigenvalue weighted by atomic mass is 35.5. The Hall–Kier alpha value is -1.95. The van der Waals surface area contributed by atoms with Gasteiger partial charge in [0.25, 0.3) is 0 Å². The fourth-order valence-corrected chi connectivity index (χ4v) is 2.21. The summed E-state index contributed by atoms with van der Waals surface area (Å²) in [4.78, 5) is 10.5. The molecular weight excluding hydrogens is 285 g/mol. The second-order valence-electron chi connectivity index (χ2n) is 4.38. The second-order valence-corrected chi connectivity index (χ2v) is 4.74. The van der Waals surface area contributed by atoms with Crippen LogP contribution in [0.2, 0.25) is 5.15 Å². The predicted octanol–water partition coefficient (Wildman–Crippen LogP) is 3.58. The summed E-state index contributed by atoms with van der Waals surface area (Å²) >= 11 is 6.03. The van der Waals surface area contributed by atoms with Gasteiger partial charge in [-0.15, -0.1) is 0 Å². The molecule has 106 valence electrons. The lowest BCUT2D eigenvalue weighted by Gasteiger charge is -2.02. The van der Waals surface area contributed by atoms with Crippen LogP contribution in [0.1, 0.15) is 24.6 Å². The zero-order valence-electron chi connectivity index (χ0n) is 10.8. The number of hydrogen-bond donors (Lipinski definition) is 0. The van der Waals surface area contributed by atoms with E-state index in [0.29, 0.717) is 12.1 Å². The van der Waals surface area contributed by atoms with Gasteiger partial charge >= 0.3 is 5.69 Å². The summed E-state index contributed by atoms with van der Waals surface area (Å²) in [5.41, 5.74) is 1.01. The van der Waals surface area contributed by atoms with E-state index in [9.17, 15) is 14.5 Å². The van der Waals surface area contributed by atoms with Crippen LogP contribution < -0.4 is 0 Å². The maximum atomic E-state index is 12.8. The molecule has 0 aliphatic carbocycles. The average Bonchev–Trinajstić information content (AvgIpc) is 2.69. The van der Waals surface area contributed by atoms with Gasteiger partial charge in [-0.2, -0.15) is 5.10 Å². The Balaban J connectivity index is 2.34. The van der Waals surface area contributed by atoms with E-state index in [1.54, 1.807) is 12.1 Å². The van der Waals surface area contributed by atoms with Crippen molar-refractivity contribution in [3.05, 3.63) is 56.6 Å². The first kappa shape index (κ1) is 14.5. The summed E-state index contributed by atoms with van der Waals surface area (Å²) in [5, 5.41) is 15.2. The van der Waals surface area contributed by atoms with Gasteiger partial charge in [-0.3, -0.25) is 10.1 Å². The zero-order chi connectivity index (χ0) is 14.7. The Labute approximate surface area is 120 Å². The number of halogens is 2. The lowest BCUT2D eigenvalue weighted by atomic mass is 10.2. The molecule has 1 heterocycles.